The molecule has 6 nitrogen and oxygen atoms in total. The zero-order valence-corrected chi connectivity index (χ0v) is 13.2. The van der Waals surface area contributed by atoms with E-state index in [9.17, 15) is 18.0 Å². The molecule has 3 rings (SSSR count). The van der Waals surface area contributed by atoms with Crippen molar-refractivity contribution in [3.05, 3.63) is 64.7 Å². The fourth-order valence-corrected chi connectivity index (χ4v) is 3.86. The van der Waals surface area contributed by atoms with E-state index in [-0.39, 0.29) is 21.4 Å². The second kappa shape index (κ2) is 5.68. The molecule has 118 valence electrons. The van der Waals surface area contributed by atoms with Gasteiger partial charge in [-0.2, -0.15) is 0 Å². The number of hydrogen-bond donors (Lipinski definition) is 0. The van der Waals surface area contributed by atoms with E-state index in [0.717, 1.165) is 0 Å². The van der Waals surface area contributed by atoms with Gasteiger partial charge in [0.25, 0.3) is 15.9 Å². The van der Waals surface area contributed by atoms with E-state index in [0.29, 0.717) is 10.6 Å². The van der Waals surface area contributed by atoms with Gasteiger partial charge >= 0.3 is 6.09 Å². The molecule has 0 unspecified atom stereocenters. The molecule has 0 spiro atoms. The maximum atomic E-state index is 12.3. The topological polar surface area (TPSA) is 80.8 Å². The number of carbonyl (C=O) groups is 2. The first-order valence-electron chi connectivity index (χ1n) is 6.51. The van der Waals surface area contributed by atoms with Gasteiger partial charge in [0.05, 0.1) is 5.56 Å². The predicted molar refractivity (Wildman–Crippen MR) is 81.4 cm³/mol. The van der Waals surface area contributed by atoms with Crippen molar-refractivity contribution < 1.29 is 22.7 Å². The van der Waals surface area contributed by atoms with E-state index >= 15 is 0 Å². The molecule has 0 atom stereocenters. The van der Waals surface area contributed by atoms with Crippen LogP contribution < -0.4 is 0 Å². The molecule has 8 heteroatoms. The van der Waals surface area contributed by atoms with Crippen LogP contribution in [0.3, 0.4) is 0 Å². The SMILES string of the molecule is O=C(OCc1cccc(Cl)c1)N1C(=O)c2ccccc2S1(=O)=O. The van der Waals surface area contributed by atoms with Gasteiger partial charge in [-0.15, -0.1) is 4.31 Å². The van der Waals surface area contributed by atoms with Crippen LogP contribution in [0.25, 0.3) is 0 Å². The highest BCUT2D eigenvalue weighted by atomic mass is 35.5. The van der Waals surface area contributed by atoms with Gasteiger partial charge in [0.1, 0.15) is 11.5 Å². The summed E-state index contributed by atoms with van der Waals surface area (Å²) in [6, 6.07) is 12.2. The van der Waals surface area contributed by atoms with Gasteiger partial charge in [-0.3, -0.25) is 4.79 Å². The van der Waals surface area contributed by atoms with Gasteiger partial charge in [0, 0.05) is 5.02 Å². The van der Waals surface area contributed by atoms with Crippen LogP contribution in [0.5, 0.6) is 0 Å². The number of rotatable bonds is 2. The summed E-state index contributed by atoms with van der Waals surface area (Å²) in [6.45, 7) is -0.199. The maximum Gasteiger partial charge on any atom is 0.431 e. The standard InChI is InChI=1S/C15H10ClNO5S/c16-11-5-3-4-10(8-11)9-22-15(19)17-14(18)12-6-1-2-7-13(12)23(17,20)21/h1-8H,9H2. The number of nitrogens with zero attached hydrogens (tertiary/aromatic N) is 1. The first-order chi connectivity index (χ1) is 10.9. The van der Waals surface area contributed by atoms with Crippen molar-refractivity contribution in [2.24, 2.45) is 0 Å². The first kappa shape index (κ1) is 15.5. The number of fused-ring (bicyclic) bond motifs is 1. The van der Waals surface area contributed by atoms with Crippen LogP contribution in [0.2, 0.25) is 5.02 Å². The minimum absolute atomic E-state index is 0.0489. The van der Waals surface area contributed by atoms with Gasteiger partial charge in [-0.05, 0) is 29.8 Å². The van der Waals surface area contributed by atoms with E-state index in [1.54, 1.807) is 24.3 Å². The molecule has 23 heavy (non-hydrogen) atoms. The second-order valence-electron chi connectivity index (χ2n) is 4.76. The largest absolute Gasteiger partial charge is 0.443 e. The predicted octanol–water partition coefficient (Wildman–Crippen LogP) is 2.82. The van der Waals surface area contributed by atoms with E-state index in [1.165, 1.54) is 24.3 Å². The number of carbonyl (C=O) groups excluding carboxylic acids is 2. The summed E-state index contributed by atoms with van der Waals surface area (Å²) in [4.78, 5) is 24.0. The van der Waals surface area contributed by atoms with E-state index < -0.39 is 22.0 Å². The van der Waals surface area contributed by atoms with Crippen molar-refractivity contribution in [2.75, 3.05) is 0 Å². The lowest BCUT2D eigenvalue weighted by atomic mass is 10.2. The Morgan fingerprint density at radius 1 is 1.13 bits per heavy atom. The Bertz CT molecular complexity index is 910. The molecule has 2 aromatic rings. The van der Waals surface area contributed by atoms with Crippen molar-refractivity contribution >= 4 is 33.6 Å². The Hall–Kier alpha value is -2.38. The lowest BCUT2D eigenvalue weighted by molar-refractivity contribution is 0.0793. The van der Waals surface area contributed by atoms with Crippen LogP contribution in [0.4, 0.5) is 4.79 Å². The number of hydrogen-bond acceptors (Lipinski definition) is 5. The average Bonchev–Trinajstić information content (AvgIpc) is 2.72. The lowest BCUT2D eigenvalue weighted by Gasteiger charge is -2.13. The quantitative estimate of drug-likeness (QED) is 0.831. The minimum atomic E-state index is -4.22. The van der Waals surface area contributed by atoms with Crippen LogP contribution in [-0.4, -0.2) is 24.7 Å². The summed E-state index contributed by atoms with van der Waals surface area (Å²) in [6.07, 6.45) is -1.24. The number of imide groups is 1. The molecule has 1 aliphatic rings. The van der Waals surface area contributed by atoms with E-state index in [1.807, 2.05) is 0 Å². The molecule has 0 saturated carbocycles. The summed E-state index contributed by atoms with van der Waals surface area (Å²) >= 11 is 5.82. The van der Waals surface area contributed by atoms with Crippen LogP contribution in [0, 0.1) is 0 Å². The van der Waals surface area contributed by atoms with E-state index in [4.69, 9.17) is 16.3 Å². The third-order valence-corrected chi connectivity index (χ3v) is 5.18. The monoisotopic (exact) mass is 351 g/mol. The summed E-state index contributed by atoms with van der Waals surface area (Å²) < 4.78 is 29.6. The van der Waals surface area contributed by atoms with Crippen molar-refractivity contribution in [1.82, 2.24) is 4.31 Å². The van der Waals surface area contributed by atoms with Crippen molar-refractivity contribution in [1.29, 1.82) is 0 Å². The van der Waals surface area contributed by atoms with Crippen LogP contribution in [0.1, 0.15) is 15.9 Å². The van der Waals surface area contributed by atoms with E-state index in [2.05, 4.69) is 0 Å². The Labute approximate surface area is 137 Å². The highest BCUT2D eigenvalue weighted by Crippen LogP contribution is 2.30. The Morgan fingerprint density at radius 3 is 2.57 bits per heavy atom. The third kappa shape index (κ3) is 2.69. The number of ether oxygens (including phenoxy) is 1. The second-order valence-corrected chi connectivity index (χ2v) is 6.95. The van der Waals surface area contributed by atoms with Gasteiger partial charge in [0.2, 0.25) is 0 Å². The zero-order chi connectivity index (χ0) is 16.6. The molecule has 2 amide bonds. The summed E-state index contributed by atoms with van der Waals surface area (Å²) in [5.41, 5.74) is 0.527. The lowest BCUT2D eigenvalue weighted by Crippen LogP contribution is -2.36. The average molecular weight is 352 g/mol. The first-order valence-corrected chi connectivity index (χ1v) is 8.33. The molecule has 0 fully saturated rings. The number of benzene rings is 2. The Balaban J connectivity index is 1.82. The van der Waals surface area contributed by atoms with Gasteiger partial charge < -0.3 is 4.74 Å². The van der Waals surface area contributed by atoms with Gasteiger partial charge in [-0.25, -0.2) is 13.2 Å². The van der Waals surface area contributed by atoms with Crippen molar-refractivity contribution in [3.63, 3.8) is 0 Å². The number of amides is 2. The fourth-order valence-electron chi connectivity index (χ4n) is 2.20. The zero-order valence-electron chi connectivity index (χ0n) is 11.6. The molecule has 1 heterocycles. The molecule has 0 saturated heterocycles. The summed E-state index contributed by atoms with van der Waals surface area (Å²) in [5.74, 6) is -0.920. The highest BCUT2D eigenvalue weighted by Gasteiger charge is 2.46. The summed E-state index contributed by atoms with van der Waals surface area (Å²) in [5, 5.41) is 0.454. The third-order valence-electron chi connectivity index (χ3n) is 3.24. The normalized spacial score (nSPS) is 15.3. The molecule has 2 aromatic carbocycles. The maximum absolute atomic E-state index is 12.3. The van der Waals surface area contributed by atoms with Crippen molar-refractivity contribution in [2.45, 2.75) is 11.5 Å². The van der Waals surface area contributed by atoms with Gasteiger partial charge in [-0.1, -0.05) is 35.9 Å². The highest BCUT2D eigenvalue weighted by molar-refractivity contribution is 7.90. The minimum Gasteiger partial charge on any atom is -0.443 e. The Morgan fingerprint density at radius 2 is 1.87 bits per heavy atom. The molecule has 0 bridgehead atoms. The molecule has 0 N–H and O–H groups in total. The fraction of sp³-hybridized carbons (Fsp3) is 0.0667. The molecule has 0 aliphatic carbocycles. The van der Waals surface area contributed by atoms with Crippen LogP contribution in [-0.2, 0) is 21.4 Å². The van der Waals surface area contributed by atoms with Crippen LogP contribution in [0.15, 0.2) is 53.4 Å². The smallest absolute Gasteiger partial charge is 0.431 e. The summed E-state index contributed by atoms with van der Waals surface area (Å²) in [7, 11) is -4.22. The van der Waals surface area contributed by atoms with Gasteiger partial charge in [0.15, 0.2) is 0 Å². The molecule has 1 aliphatic heterocycles. The number of sulfonamides is 1. The molecule has 0 aromatic heterocycles. The molecular weight excluding hydrogens is 342 g/mol. The molecular formula is C15H10ClNO5S. The molecule has 0 radical (unpaired) electrons. The Kier molecular flexibility index (Phi) is 3.83. The van der Waals surface area contributed by atoms with Crippen LogP contribution >= 0.6 is 11.6 Å². The number of halogens is 1. The van der Waals surface area contributed by atoms with Crippen molar-refractivity contribution in [3.8, 4) is 0 Å².